The van der Waals surface area contributed by atoms with Crippen molar-refractivity contribution < 1.29 is 18.3 Å². The van der Waals surface area contributed by atoms with Crippen molar-refractivity contribution in [3.05, 3.63) is 29.3 Å². The summed E-state index contributed by atoms with van der Waals surface area (Å²) in [7, 11) is -3.71. The van der Waals surface area contributed by atoms with Gasteiger partial charge in [-0.1, -0.05) is 19.9 Å². The first kappa shape index (κ1) is 18.9. The number of benzene rings is 1. The minimum atomic E-state index is -3.71. The first-order chi connectivity index (χ1) is 11.3. The lowest BCUT2D eigenvalue weighted by molar-refractivity contribution is 0.0696. The lowest BCUT2D eigenvalue weighted by Gasteiger charge is -2.30. The molecular formula is C17H26N2O4S. The van der Waals surface area contributed by atoms with Crippen LogP contribution in [0.2, 0.25) is 0 Å². The number of carboxylic acid groups (broad SMARTS) is 1. The molecule has 0 saturated carbocycles. The molecule has 7 heteroatoms. The van der Waals surface area contributed by atoms with Crippen LogP contribution in [0, 0.1) is 5.92 Å². The van der Waals surface area contributed by atoms with E-state index >= 15 is 0 Å². The van der Waals surface area contributed by atoms with Gasteiger partial charge >= 0.3 is 5.97 Å². The second-order valence-electron chi connectivity index (χ2n) is 6.43. The fourth-order valence-corrected chi connectivity index (χ4v) is 4.49. The highest BCUT2D eigenvalue weighted by atomic mass is 32.2. The molecule has 0 amide bonds. The normalized spacial score (nSPS) is 19.3. The van der Waals surface area contributed by atoms with E-state index in [9.17, 15) is 13.2 Å². The van der Waals surface area contributed by atoms with Gasteiger partial charge in [0.1, 0.15) is 0 Å². The Balaban J connectivity index is 2.06. The van der Waals surface area contributed by atoms with Crippen molar-refractivity contribution in [1.29, 1.82) is 0 Å². The van der Waals surface area contributed by atoms with Gasteiger partial charge in [-0.2, -0.15) is 0 Å². The summed E-state index contributed by atoms with van der Waals surface area (Å²) < 4.78 is 27.8. The van der Waals surface area contributed by atoms with E-state index in [2.05, 4.69) is 16.5 Å². The smallest absolute Gasteiger partial charge is 0.335 e. The third-order valence-electron chi connectivity index (χ3n) is 4.45. The van der Waals surface area contributed by atoms with Crippen molar-refractivity contribution in [2.45, 2.75) is 38.0 Å². The first-order valence-corrected chi connectivity index (χ1v) is 9.90. The Labute approximate surface area is 143 Å². The maximum atomic E-state index is 12.6. The van der Waals surface area contributed by atoms with Gasteiger partial charge in [0.2, 0.25) is 10.0 Å². The van der Waals surface area contributed by atoms with E-state index in [1.54, 1.807) is 6.07 Å². The van der Waals surface area contributed by atoms with Crippen LogP contribution in [0.1, 0.15) is 42.6 Å². The van der Waals surface area contributed by atoms with Gasteiger partial charge in [0.25, 0.3) is 0 Å². The van der Waals surface area contributed by atoms with Crippen LogP contribution in [0.4, 0.5) is 0 Å². The van der Waals surface area contributed by atoms with Gasteiger partial charge < -0.3 is 10.0 Å². The largest absolute Gasteiger partial charge is 0.478 e. The van der Waals surface area contributed by atoms with Gasteiger partial charge in [-0.15, -0.1) is 0 Å². The average Bonchev–Trinajstić information content (AvgIpc) is 2.54. The van der Waals surface area contributed by atoms with Crippen molar-refractivity contribution in [2.75, 3.05) is 26.2 Å². The molecule has 1 aliphatic heterocycles. The Hall–Kier alpha value is -1.44. The Kier molecular flexibility index (Phi) is 6.37. The molecule has 134 valence electrons. The number of hydrogen-bond acceptors (Lipinski definition) is 4. The zero-order chi connectivity index (χ0) is 17.7. The van der Waals surface area contributed by atoms with Gasteiger partial charge in [0, 0.05) is 19.6 Å². The Morgan fingerprint density at radius 1 is 1.42 bits per heavy atom. The number of nitrogens with one attached hydrogen (secondary N) is 1. The van der Waals surface area contributed by atoms with Crippen LogP contribution in [0.15, 0.2) is 23.1 Å². The van der Waals surface area contributed by atoms with E-state index in [1.807, 2.05) is 6.92 Å². The summed E-state index contributed by atoms with van der Waals surface area (Å²) in [5.41, 5.74) is 0.608. The summed E-state index contributed by atoms with van der Waals surface area (Å²) in [4.78, 5) is 13.4. The molecular weight excluding hydrogens is 328 g/mol. The summed E-state index contributed by atoms with van der Waals surface area (Å²) in [6, 6.07) is 4.26. The molecule has 1 saturated heterocycles. The predicted octanol–water partition coefficient (Wildman–Crippen LogP) is 1.96. The standard InChI is InChI=1S/C17H26N2O4S/c1-3-14-6-7-15(17(20)21)11-16(14)24(22,23)18-8-10-19-9-4-5-13(2)12-19/h6-7,11,13,18H,3-5,8-10,12H2,1-2H3,(H,20,21). The third-order valence-corrected chi connectivity index (χ3v) is 5.99. The topological polar surface area (TPSA) is 86.7 Å². The number of carbonyl (C=O) groups is 1. The molecule has 0 spiro atoms. The highest BCUT2D eigenvalue weighted by Crippen LogP contribution is 2.19. The minimum absolute atomic E-state index is 0.0163. The van der Waals surface area contributed by atoms with Crippen LogP contribution >= 0.6 is 0 Å². The molecule has 1 aliphatic rings. The molecule has 1 atom stereocenters. The van der Waals surface area contributed by atoms with Crippen LogP contribution in [0.3, 0.4) is 0 Å². The van der Waals surface area contributed by atoms with Gasteiger partial charge in [-0.25, -0.2) is 17.9 Å². The molecule has 2 rings (SSSR count). The highest BCUT2D eigenvalue weighted by molar-refractivity contribution is 7.89. The molecule has 0 radical (unpaired) electrons. The predicted molar refractivity (Wildman–Crippen MR) is 92.8 cm³/mol. The summed E-state index contributed by atoms with van der Waals surface area (Å²) in [5, 5.41) is 9.09. The zero-order valence-corrected chi connectivity index (χ0v) is 15.1. The Morgan fingerprint density at radius 3 is 2.79 bits per heavy atom. The number of hydrogen-bond donors (Lipinski definition) is 2. The van der Waals surface area contributed by atoms with E-state index in [-0.39, 0.29) is 10.5 Å². The summed E-state index contributed by atoms with van der Waals surface area (Å²) >= 11 is 0. The fourth-order valence-electron chi connectivity index (χ4n) is 3.14. The molecule has 1 heterocycles. The fraction of sp³-hybridized carbons (Fsp3) is 0.588. The maximum Gasteiger partial charge on any atom is 0.335 e. The molecule has 1 aromatic rings. The molecule has 0 aromatic heterocycles. The van der Waals surface area contributed by atoms with Crippen molar-refractivity contribution >= 4 is 16.0 Å². The van der Waals surface area contributed by atoms with E-state index in [0.717, 1.165) is 19.5 Å². The second kappa shape index (κ2) is 8.09. The molecule has 6 nitrogen and oxygen atoms in total. The average molecular weight is 354 g/mol. The van der Waals surface area contributed by atoms with Gasteiger partial charge in [0.15, 0.2) is 0 Å². The van der Waals surface area contributed by atoms with Gasteiger partial charge in [-0.3, -0.25) is 0 Å². The van der Waals surface area contributed by atoms with Crippen molar-refractivity contribution in [2.24, 2.45) is 5.92 Å². The molecule has 2 N–H and O–H groups in total. The number of nitrogens with zero attached hydrogens (tertiary/aromatic N) is 1. The summed E-state index contributed by atoms with van der Waals surface area (Å²) in [5.74, 6) is -0.481. The summed E-state index contributed by atoms with van der Waals surface area (Å²) in [6.07, 6.45) is 2.90. The van der Waals surface area contributed by atoms with Crippen molar-refractivity contribution in [1.82, 2.24) is 9.62 Å². The summed E-state index contributed by atoms with van der Waals surface area (Å²) in [6.45, 7) is 7.06. The van der Waals surface area contributed by atoms with E-state index in [0.29, 0.717) is 31.0 Å². The van der Waals surface area contributed by atoms with Crippen LogP contribution in [0.25, 0.3) is 0 Å². The number of sulfonamides is 1. The Morgan fingerprint density at radius 2 is 2.17 bits per heavy atom. The van der Waals surface area contributed by atoms with Crippen molar-refractivity contribution in [3.63, 3.8) is 0 Å². The quantitative estimate of drug-likeness (QED) is 0.782. The SMILES string of the molecule is CCc1ccc(C(=O)O)cc1S(=O)(=O)NCCN1CCCC(C)C1. The monoisotopic (exact) mass is 354 g/mol. The Bertz CT molecular complexity index is 688. The number of rotatable bonds is 7. The molecule has 24 heavy (non-hydrogen) atoms. The highest BCUT2D eigenvalue weighted by Gasteiger charge is 2.21. The number of aromatic carboxylic acids is 1. The molecule has 1 aromatic carbocycles. The number of piperidine rings is 1. The van der Waals surface area contributed by atoms with E-state index in [4.69, 9.17) is 5.11 Å². The lowest BCUT2D eigenvalue weighted by Crippen LogP contribution is -2.40. The molecule has 0 aliphatic carbocycles. The zero-order valence-electron chi connectivity index (χ0n) is 14.3. The van der Waals surface area contributed by atoms with E-state index < -0.39 is 16.0 Å². The number of aryl methyl sites for hydroxylation is 1. The molecule has 1 unspecified atom stereocenters. The third kappa shape index (κ3) is 4.78. The number of likely N-dealkylation sites (tertiary alicyclic amines) is 1. The minimum Gasteiger partial charge on any atom is -0.478 e. The van der Waals surface area contributed by atoms with Gasteiger partial charge in [-0.05, 0) is 49.4 Å². The van der Waals surface area contributed by atoms with Crippen LogP contribution < -0.4 is 4.72 Å². The van der Waals surface area contributed by atoms with E-state index in [1.165, 1.54) is 18.6 Å². The number of carboxylic acids is 1. The molecule has 1 fully saturated rings. The lowest BCUT2D eigenvalue weighted by atomic mass is 10.0. The van der Waals surface area contributed by atoms with Crippen molar-refractivity contribution in [3.8, 4) is 0 Å². The maximum absolute atomic E-state index is 12.6. The van der Waals surface area contributed by atoms with Crippen LogP contribution in [-0.2, 0) is 16.4 Å². The van der Waals surface area contributed by atoms with Crippen LogP contribution in [-0.4, -0.2) is 50.6 Å². The first-order valence-electron chi connectivity index (χ1n) is 8.41. The van der Waals surface area contributed by atoms with Crippen LogP contribution in [0.5, 0.6) is 0 Å². The second-order valence-corrected chi connectivity index (χ2v) is 8.16. The van der Waals surface area contributed by atoms with Gasteiger partial charge in [0.05, 0.1) is 10.5 Å². The molecule has 0 bridgehead atoms.